The van der Waals surface area contributed by atoms with E-state index in [-0.39, 0.29) is 18.6 Å². The number of hydrogen-bond acceptors (Lipinski definition) is 5. The number of amides is 1. The van der Waals surface area contributed by atoms with Crippen LogP contribution in [0.2, 0.25) is 0 Å². The van der Waals surface area contributed by atoms with Gasteiger partial charge in [0.05, 0.1) is 18.5 Å². The van der Waals surface area contributed by atoms with Crippen LogP contribution in [0.4, 0.5) is 5.69 Å². The molecular weight excluding hydrogens is 368 g/mol. The summed E-state index contributed by atoms with van der Waals surface area (Å²) in [4.78, 5) is 12.5. The van der Waals surface area contributed by atoms with Crippen LogP contribution >= 0.6 is 0 Å². The van der Waals surface area contributed by atoms with E-state index in [1.807, 2.05) is 24.3 Å². The molecule has 0 fully saturated rings. The van der Waals surface area contributed by atoms with Crippen molar-refractivity contribution >= 4 is 21.6 Å². The zero-order chi connectivity index (χ0) is 19.6. The van der Waals surface area contributed by atoms with Gasteiger partial charge in [-0.2, -0.15) is 0 Å². The number of ether oxygens (including phenoxy) is 2. The predicted molar refractivity (Wildman–Crippen MR) is 103 cm³/mol. The van der Waals surface area contributed by atoms with Gasteiger partial charge in [0.1, 0.15) is 12.7 Å². The van der Waals surface area contributed by atoms with Crippen LogP contribution in [0.15, 0.2) is 42.5 Å². The molecule has 144 valence electrons. The molecule has 3 rings (SSSR count). The third-order valence-electron chi connectivity index (χ3n) is 4.37. The number of para-hydroxylation sites is 2. The number of aryl methyl sites for hydroxylation is 1. The second-order valence-corrected chi connectivity index (χ2v) is 8.45. The van der Waals surface area contributed by atoms with Crippen LogP contribution in [0.25, 0.3) is 0 Å². The van der Waals surface area contributed by atoms with Crippen LogP contribution in [0.3, 0.4) is 0 Å². The van der Waals surface area contributed by atoms with Crippen molar-refractivity contribution in [3.8, 4) is 11.5 Å². The quantitative estimate of drug-likeness (QED) is 0.844. The number of fused-ring (bicyclic) bond motifs is 1. The summed E-state index contributed by atoms with van der Waals surface area (Å²) in [6.07, 6.45) is 0.824. The van der Waals surface area contributed by atoms with Gasteiger partial charge in [0.25, 0.3) is 5.91 Å². The van der Waals surface area contributed by atoms with Gasteiger partial charge in [-0.05, 0) is 36.8 Å². The van der Waals surface area contributed by atoms with Crippen molar-refractivity contribution < 1.29 is 22.7 Å². The molecule has 1 atom stereocenters. The van der Waals surface area contributed by atoms with Crippen LogP contribution in [0.1, 0.15) is 15.9 Å². The smallest absolute Gasteiger partial charge is 0.251 e. The second kappa shape index (κ2) is 7.48. The summed E-state index contributed by atoms with van der Waals surface area (Å²) in [6.45, 7) is 2.41. The minimum absolute atomic E-state index is 0.276. The Bertz CT molecular complexity index is 958. The summed E-state index contributed by atoms with van der Waals surface area (Å²) in [7, 11) is -1.95. The molecule has 0 spiro atoms. The summed E-state index contributed by atoms with van der Waals surface area (Å²) in [6, 6.07) is 12.3. The Morgan fingerprint density at radius 1 is 1.22 bits per heavy atom. The molecule has 1 aliphatic heterocycles. The molecule has 0 bridgehead atoms. The largest absolute Gasteiger partial charge is 0.486 e. The van der Waals surface area contributed by atoms with Gasteiger partial charge >= 0.3 is 0 Å². The number of benzene rings is 2. The molecule has 8 heteroatoms. The third-order valence-corrected chi connectivity index (χ3v) is 5.56. The van der Waals surface area contributed by atoms with Crippen molar-refractivity contribution in [2.75, 3.05) is 30.8 Å². The van der Waals surface area contributed by atoms with E-state index in [2.05, 4.69) is 5.32 Å². The van der Waals surface area contributed by atoms with E-state index in [4.69, 9.17) is 9.47 Å². The van der Waals surface area contributed by atoms with Gasteiger partial charge in [-0.3, -0.25) is 9.10 Å². The van der Waals surface area contributed by atoms with E-state index in [0.717, 1.165) is 16.1 Å². The summed E-state index contributed by atoms with van der Waals surface area (Å²) >= 11 is 0. The highest BCUT2D eigenvalue weighted by Crippen LogP contribution is 2.30. The maximum Gasteiger partial charge on any atom is 0.251 e. The normalized spacial score (nSPS) is 15.9. The molecule has 1 aliphatic rings. The van der Waals surface area contributed by atoms with E-state index < -0.39 is 10.0 Å². The lowest BCUT2D eigenvalue weighted by atomic mass is 10.1. The number of anilines is 1. The number of carbonyl (C=O) groups excluding carboxylic acids is 1. The summed E-state index contributed by atoms with van der Waals surface area (Å²) in [5, 5.41) is 2.81. The fourth-order valence-electron chi connectivity index (χ4n) is 2.74. The molecular formula is C19H22N2O5S. The Balaban J connectivity index is 1.67. The Labute approximate surface area is 158 Å². The zero-order valence-corrected chi connectivity index (χ0v) is 16.2. The molecule has 1 N–H and O–H groups in total. The monoisotopic (exact) mass is 390 g/mol. The van der Waals surface area contributed by atoms with Gasteiger partial charge in [0.15, 0.2) is 11.5 Å². The van der Waals surface area contributed by atoms with Crippen molar-refractivity contribution in [1.82, 2.24) is 5.32 Å². The molecule has 2 aromatic rings. The topological polar surface area (TPSA) is 84.9 Å². The third kappa shape index (κ3) is 4.33. The highest BCUT2D eigenvalue weighted by Gasteiger charge is 2.22. The van der Waals surface area contributed by atoms with Crippen LogP contribution < -0.4 is 19.1 Å². The Hall–Kier alpha value is -2.74. The first-order chi connectivity index (χ1) is 12.8. The molecule has 1 amide bonds. The van der Waals surface area contributed by atoms with Gasteiger partial charge in [0, 0.05) is 12.6 Å². The molecule has 0 unspecified atom stereocenters. The minimum atomic E-state index is -3.41. The number of carbonyl (C=O) groups is 1. The van der Waals surface area contributed by atoms with Gasteiger partial charge in [-0.25, -0.2) is 8.42 Å². The number of sulfonamides is 1. The van der Waals surface area contributed by atoms with E-state index in [9.17, 15) is 13.2 Å². The predicted octanol–water partition coefficient (Wildman–Crippen LogP) is 1.96. The first-order valence-electron chi connectivity index (χ1n) is 8.47. The lowest BCUT2D eigenvalue weighted by molar-refractivity contribution is 0.0789. The molecule has 0 saturated heterocycles. The highest BCUT2D eigenvalue weighted by atomic mass is 32.2. The van der Waals surface area contributed by atoms with E-state index in [0.29, 0.717) is 29.4 Å². The van der Waals surface area contributed by atoms with Crippen LogP contribution in [0.5, 0.6) is 11.5 Å². The maximum atomic E-state index is 12.5. The van der Waals surface area contributed by atoms with Crippen LogP contribution in [-0.2, 0) is 10.0 Å². The van der Waals surface area contributed by atoms with Crippen molar-refractivity contribution in [2.24, 2.45) is 0 Å². The Kier molecular flexibility index (Phi) is 5.27. The Morgan fingerprint density at radius 3 is 2.63 bits per heavy atom. The lowest BCUT2D eigenvalue weighted by Crippen LogP contribution is -2.40. The average molecular weight is 390 g/mol. The Morgan fingerprint density at radius 2 is 1.93 bits per heavy atom. The summed E-state index contributed by atoms with van der Waals surface area (Å²) < 4.78 is 36.2. The molecule has 0 aliphatic carbocycles. The molecule has 0 aromatic heterocycles. The fraction of sp³-hybridized carbons (Fsp3) is 0.316. The highest BCUT2D eigenvalue weighted by molar-refractivity contribution is 7.92. The standard InChI is InChI=1S/C19H22N2O5S/c1-13-8-9-14(10-16(13)21(2)27(3,23)24)19(22)20-11-15-12-25-17-6-4-5-7-18(17)26-15/h4-10,15H,11-12H2,1-3H3,(H,20,22)/t15-/m0/s1. The fourth-order valence-corrected chi connectivity index (χ4v) is 3.29. The first-order valence-corrected chi connectivity index (χ1v) is 10.3. The van der Waals surface area contributed by atoms with Gasteiger partial charge in [-0.1, -0.05) is 18.2 Å². The van der Waals surface area contributed by atoms with Crippen LogP contribution in [-0.4, -0.2) is 46.9 Å². The van der Waals surface area contributed by atoms with Crippen LogP contribution in [0, 0.1) is 6.92 Å². The average Bonchev–Trinajstić information content (AvgIpc) is 2.65. The number of nitrogens with one attached hydrogen (secondary N) is 1. The van der Waals surface area contributed by atoms with E-state index >= 15 is 0 Å². The summed E-state index contributed by atoms with van der Waals surface area (Å²) in [5.74, 6) is 1.03. The van der Waals surface area contributed by atoms with Gasteiger partial charge in [0.2, 0.25) is 10.0 Å². The van der Waals surface area contributed by atoms with E-state index in [1.54, 1.807) is 25.1 Å². The van der Waals surface area contributed by atoms with Gasteiger partial charge < -0.3 is 14.8 Å². The molecule has 2 aromatic carbocycles. The molecule has 27 heavy (non-hydrogen) atoms. The van der Waals surface area contributed by atoms with E-state index in [1.165, 1.54) is 7.05 Å². The maximum absolute atomic E-state index is 12.5. The lowest BCUT2D eigenvalue weighted by Gasteiger charge is -2.26. The second-order valence-electron chi connectivity index (χ2n) is 6.44. The SMILES string of the molecule is Cc1ccc(C(=O)NC[C@H]2COc3ccccc3O2)cc1N(C)S(C)(=O)=O. The first kappa shape index (κ1) is 19.0. The molecule has 7 nitrogen and oxygen atoms in total. The summed E-state index contributed by atoms with van der Waals surface area (Å²) in [5.41, 5.74) is 1.61. The molecule has 0 radical (unpaired) electrons. The number of hydrogen-bond donors (Lipinski definition) is 1. The van der Waals surface area contributed by atoms with Crippen molar-refractivity contribution in [2.45, 2.75) is 13.0 Å². The van der Waals surface area contributed by atoms with Crippen molar-refractivity contribution in [3.05, 3.63) is 53.6 Å². The molecule has 0 saturated carbocycles. The van der Waals surface area contributed by atoms with Crippen molar-refractivity contribution in [3.63, 3.8) is 0 Å². The van der Waals surface area contributed by atoms with Crippen molar-refractivity contribution in [1.29, 1.82) is 0 Å². The number of rotatable bonds is 5. The number of nitrogens with zero attached hydrogens (tertiary/aromatic N) is 1. The zero-order valence-electron chi connectivity index (χ0n) is 15.4. The van der Waals surface area contributed by atoms with Gasteiger partial charge in [-0.15, -0.1) is 0 Å². The minimum Gasteiger partial charge on any atom is -0.486 e. The molecule has 1 heterocycles.